The lowest BCUT2D eigenvalue weighted by atomic mass is 10.1. The highest BCUT2D eigenvalue weighted by Crippen LogP contribution is 2.27. The predicted molar refractivity (Wildman–Crippen MR) is 84.9 cm³/mol. The minimum Gasteiger partial charge on any atom is -0.460 e. The van der Waals surface area contributed by atoms with Gasteiger partial charge in [-0.2, -0.15) is 0 Å². The molecular formula is C18H21NO3. The molecule has 0 unspecified atom stereocenters. The van der Waals surface area contributed by atoms with E-state index >= 15 is 0 Å². The average molecular weight is 299 g/mol. The lowest BCUT2D eigenvalue weighted by molar-refractivity contribution is 0.0301. The van der Waals surface area contributed by atoms with E-state index in [1.54, 1.807) is 0 Å². The van der Waals surface area contributed by atoms with Gasteiger partial charge in [0.1, 0.15) is 11.5 Å². The van der Waals surface area contributed by atoms with E-state index in [1.165, 1.54) is 0 Å². The van der Waals surface area contributed by atoms with E-state index in [0.29, 0.717) is 31.9 Å². The van der Waals surface area contributed by atoms with E-state index < -0.39 is 0 Å². The van der Waals surface area contributed by atoms with Crippen molar-refractivity contribution >= 4 is 5.91 Å². The Morgan fingerprint density at radius 3 is 2.59 bits per heavy atom. The van der Waals surface area contributed by atoms with Crippen LogP contribution in [0.5, 0.6) is 0 Å². The Labute approximate surface area is 130 Å². The molecule has 0 atom stereocenters. The molecule has 1 amide bonds. The Hall–Kier alpha value is -2.07. The molecule has 4 heteroatoms. The number of nitrogens with zero attached hydrogens (tertiary/aromatic N) is 1. The standard InChI is InChI=1S/C18H21NO3/c1-2-6-16-15(18(20)19-9-11-21-12-10-19)13-17(22-16)14-7-4-3-5-8-14/h3-5,7-8,13H,2,6,9-12H2,1H3. The van der Waals surface area contributed by atoms with Gasteiger partial charge in [-0.3, -0.25) is 4.79 Å². The minimum absolute atomic E-state index is 0.0534. The van der Waals surface area contributed by atoms with Crippen molar-refractivity contribution in [2.75, 3.05) is 26.3 Å². The number of aryl methyl sites for hydroxylation is 1. The molecule has 1 aliphatic heterocycles. The third-order valence-corrected chi connectivity index (χ3v) is 3.87. The Morgan fingerprint density at radius 2 is 1.91 bits per heavy atom. The minimum atomic E-state index is 0.0534. The highest BCUT2D eigenvalue weighted by Gasteiger charge is 2.24. The summed E-state index contributed by atoms with van der Waals surface area (Å²) in [6.45, 7) is 4.61. The second-order valence-corrected chi connectivity index (χ2v) is 5.47. The lowest BCUT2D eigenvalue weighted by Gasteiger charge is -2.26. The van der Waals surface area contributed by atoms with Crippen LogP contribution in [0, 0.1) is 0 Å². The van der Waals surface area contributed by atoms with E-state index in [4.69, 9.17) is 9.15 Å². The number of carbonyl (C=O) groups is 1. The van der Waals surface area contributed by atoms with Crippen LogP contribution in [0.3, 0.4) is 0 Å². The van der Waals surface area contributed by atoms with Crippen molar-refractivity contribution in [1.82, 2.24) is 4.90 Å². The van der Waals surface area contributed by atoms with Gasteiger partial charge < -0.3 is 14.1 Å². The second kappa shape index (κ2) is 6.79. The maximum atomic E-state index is 12.8. The van der Waals surface area contributed by atoms with Crippen LogP contribution in [0.15, 0.2) is 40.8 Å². The van der Waals surface area contributed by atoms with Crippen LogP contribution in [0.1, 0.15) is 29.5 Å². The number of carbonyl (C=O) groups excluding carboxylic acids is 1. The van der Waals surface area contributed by atoms with Crippen LogP contribution in [-0.4, -0.2) is 37.1 Å². The molecular weight excluding hydrogens is 278 g/mol. The fourth-order valence-corrected chi connectivity index (χ4v) is 2.70. The summed E-state index contributed by atoms with van der Waals surface area (Å²) in [7, 11) is 0. The molecule has 0 saturated carbocycles. The monoisotopic (exact) mass is 299 g/mol. The van der Waals surface area contributed by atoms with E-state index in [9.17, 15) is 4.79 Å². The molecule has 0 spiro atoms. The van der Waals surface area contributed by atoms with Crippen LogP contribution in [0.2, 0.25) is 0 Å². The van der Waals surface area contributed by atoms with Crippen LogP contribution >= 0.6 is 0 Å². The van der Waals surface area contributed by atoms with Crippen LogP contribution in [0.25, 0.3) is 11.3 Å². The Bertz CT molecular complexity index is 627. The maximum Gasteiger partial charge on any atom is 0.257 e. The summed E-state index contributed by atoms with van der Waals surface area (Å²) in [5.74, 6) is 1.61. The fraction of sp³-hybridized carbons (Fsp3) is 0.389. The second-order valence-electron chi connectivity index (χ2n) is 5.47. The van der Waals surface area contributed by atoms with Gasteiger partial charge in [0.15, 0.2) is 0 Å². The van der Waals surface area contributed by atoms with Gasteiger partial charge in [-0.15, -0.1) is 0 Å². The topological polar surface area (TPSA) is 42.7 Å². The zero-order valence-electron chi connectivity index (χ0n) is 12.9. The van der Waals surface area contributed by atoms with Crippen molar-refractivity contribution in [2.24, 2.45) is 0 Å². The molecule has 1 aromatic carbocycles. The summed E-state index contributed by atoms with van der Waals surface area (Å²) in [6.07, 6.45) is 1.73. The summed E-state index contributed by atoms with van der Waals surface area (Å²) < 4.78 is 11.3. The first kappa shape index (κ1) is 14.9. The molecule has 116 valence electrons. The highest BCUT2D eigenvalue weighted by atomic mass is 16.5. The van der Waals surface area contributed by atoms with E-state index in [0.717, 1.165) is 29.9 Å². The number of morpholine rings is 1. The van der Waals surface area contributed by atoms with Crippen molar-refractivity contribution in [2.45, 2.75) is 19.8 Å². The number of amides is 1. The quantitative estimate of drug-likeness (QED) is 0.869. The van der Waals surface area contributed by atoms with Gasteiger partial charge in [-0.1, -0.05) is 37.3 Å². The molecule has 1 saturated heterocycles. The van der Waals surface area contributed by atoms with Crippen molar-refractivity contribution in [3.8, 4) is 11.3 Å². The summed E-state index contributed by atoms with van der Waals surface area (Å²) >= 11 is 0. The van der Waals surface area contributed by atoms with Gasteiger partial charge >= 0.3 is 0 Å². The molecule has 4 nitrogen and oxygen atoms in total. The Kier molecular flexibility index (Phi) is 4.59. The van der Waals surface area contributed by atoms with Crippen LogP contribution in [0.4, 0.5) is 0 Å². The van der Waals surface area contributed by atoms with E-state index in [2.05, 4.69) is 6.92 Å². The van der Waals surface area contributed by atoms with Crippen molar-refractivity contribution < 1.29 is 13.9 Å². The Balaban J connectivity index is 1.91. The summed E-state index contributed by atoms with van der Waals surface area (Å²) in [5.41, 5.74) is 1.70. The predicted octanol–water partition coefficient (Wildman–Crippen LogP) is 3.37. The van der Waals surface area contributed by atoms with Gasteiger partial charge in [0, 0.05) is 25.1 Å². The summed E-state index contributed by atoms with van der Waals surface area (Å²) in [4.78, 5) is 14.6. The third-order valence-electron chi connectivity index (χ3n) is 3.87. The number of ether oxygens (including phenoxy) is 1. The van der Waals surface area contributed by atoms with Crippen molar-refractivity contribution in [3.05, 3.63) is 47.7 Å². The SMILES string of the molecule is CCCc1oc(-c2ccccc2)cc1C(=O)N1CCOCC1. The molecule has 0 aliphatic carbocycles. The molecule has 2 heterocycles. The lowest BCUT2D eigenvalue weighted by Crippen LogP contribution is -2.40. The molecule has 0 N–H and O–H groups in total. The maximum absolute atomic E-state index is 12.8. The molecule has 1 aliphatic rings. The molecule has 1 fully saturated rings. The van der Waals surface area contributed by atoms with Gasteiger partial charge in [0.05, 0.1) is 18.8 Å². The van der Waals surface area contributed by atoms with Gasteiger partial charge in [-0.25, -0.2) is 0 Å². The van der Waals surface area contributed by atoms with Gasteiger partial charge in [0.25, 0.3) is 5.91 Å². The van der Waals surface area contributed by atoms with Crippen molar-refractivity contribution in [3.63, 3.8) is 0 Å². The number of hydrogen-bond donors (Lipinski definition) is 0. The zero-order valence-corrected chi connectivity index (χ0v) is 12.9. The number of furan rings is 1. The van der Waals surface area contributed by atoms with E-state index in [-0.39, 0.29) is 5.91 Å². The molecule has 2 aromatic rings. The summed E-state index contributed by atoms with van der Waals surface area (Å²) in [6, 6.07) is 11.8. The number of hydrogen-bond acceptors (Lipinski definition) is 3. The van der Waals surface area contributed by atoms with Crippen LogP contribution < -0.4 is 0 Å². The van der Waals surface area contributed by atoms with Gasteiger partial charge in [-0.05, 0) is 12.5 Å². The first-order valence-corrected chi connectivity index (χ1v) is 7.84. The molecule has 0 radical (unpaired) electrons. The summed E-state index contributed by atoms with van der Waals surface area (Å²) in [5, 5.41) is 0. The first-order chi connectivity index (χ1) is 10.8. The molecule has 1 aromatic heterocycles. The molecule has 0 bridgehead atoms. The average Bonchev–Trinajstić information content (AvgIpc) is 3.00. The van der Waals surface area contributed by atoms with Crippen molar-refractivity contribution in [1.29, 1.82) is 0 Å². The molecule has 3 rings (SSSR count). The number of benzene rings is 1. The fourth-order valence-electron chi connectivity index (χ4n) is 2.70. The van der Waals surface area contributed by atoms with Gasteiger partial charge in [0.2, 0.25) is 0 Å². The Morgan fingerprint density at radius 1 is 1.18 bits per heavy atom. The third kappa shape index (κ3) is 3.07. The van der Waals surface area contributed by atoms with E-state index in [1.807, 2.05) is 41.3 Å². The van der Waals surface area contributed by atoms with Crippen LogP contribution in [-0.2, 0) is 11.2 Å². The molecule has 22 heavy (non-hydrogen) atoms. The number of rotatable bonds is 4. The normalized spacial score (nSPS) is 15.0. The zero-order chi connectivity index (χ0) is 15.4. The highest BCUT2D eigenvalue weighted by molar-refractivity contribution is 5.96. The first-order valence-electron chi connectivity index (χ1n) is 7.84. The smallest absolute Gasteiger partial charge is 0.257 e. The largest absolute Gasteiger partial charge is 0.460 e.